The van der Waals surface area contributed by atoms with E-state index in [1.807, 2.05) is 18.0 Å². The summed E-state index contributed by atoms with van der Waals surface area (Å²) in [4.78, 5) is 24.3. The zero-order valence-corrected chi connectivity index (χ0v) is 15.1. The van der Waals surface area contributed by atoms with Gasteiger partial charge in [0.25, 0.3) is 0 Å². The average molecular weight is 342 g/mol. The molecule has 3 heterocycles. The van der Waals surface area contributed by atoms with Gasteiger partial charge in [-0.15, -0.1) is 0 Å². The zero-order valence-electron chi connectivity index (χ0n) is 15.1. The molecule has 0 saturated carbocycles. The number of piperazine rings is 1. The van der Waals surface area contributed by atoms with Crippen LogP contribution in [0.15, 0.2) is 30.7 Å². The van der Waals surface area contributed by atoms with E-state index in [0.29, 0.717) is 12.6 Å². The Hall–Kier alpha value is -2.57. The molecule has 7 heteroatoms. The van der Waals surface area contributed by atoms with Crippen LogP contribution in [0.25, 0.3) is 0 Å². The summed E-state index contributed by atoms with van der Waals surface area (Å²) in [6, 6.07) is 6.45. The second kappa shape index (κ2) is 7.55. The summed E-state index contributed by atoms with van der Waals surface area (Å²) < 4.78 is 2.15. The number of aryl methyl sites for hydroxylation is 2. The number of nitrogens with zero attached hydrogens (tertiary/aromatic N) is 5. The molecule has 134 valence electrons. The third-order valence-corrected chi connectivity index (χ3v) is 4.71. The van der Waals surface area contributed by atoms with Gasteiger partial charge in [-0.2, -0.15) is 0 Å². The van der Waals surface area contributed by atoms with Gasteiger partial charge in [-0.3, -0.25) is 4.79 Å². The van der Waals surface area contributed by atoms with E-state index in [0.717, 1.165) is 37.6 Å². The summed E-state index contributed by atoms with van der Waals surface area (Å²) in [6.45, 7) is 4.04. The zero-order chi connectivity index (χ0) is 17.8. The first kappa shape index (κ1) is 17.3. The number of nitrogens with one attached hydrogen (secondary N) is 1. The van der Waals surface area contributed by atoms with Crippen molar-refractivity contribution in [2.45, 2.75) is 25.8 Å². The van der Waals surface area contributed by atoms with Crippen molar-refractivity contribution < 1.29 is 4.79 Å². The molecule has 1 amide bonds. The molecule has 0 aliphatic carbocycles. The van der Waals surface area contributed by atoms with Crippen LogP contribution in [0.2, 0.25) is 0 Å². The summed E-state index contributed by atoms with van der Waals surface area (Å²) in [5.74, 6) is 1.72. The lowest BCUT2D eigenvalue weighted by Gasteiger charge is -2.32. The van der Waals surface area contributed by atoms with Gasteiger partial charge in [-0.05, 0) is 31.9 Å². The fourth-order valence-electron chi connectivity index (χ4n) is 3.00. The van der Waals surface area contributed by atoms with Crippen molar-refractivity contribution in [3.8, 4) is 0 Å². The Morgan fingerprint density at radius 3 is 2.84 bits per heavy atom. The molecule has 1 saturated heterocycles. The SMILES string of the molecule is CC(CCc1cccn1C)Nc1cc(N2CCN(C)C(=O)C2)ncn1. The van der Waals surface area contributed by atoms with Crippen LogP contribution in [0.1, 0.15) is 19.0 Å². The highest BCUT2D eigenvalue weighted by Gasteiger charge is 2.22. The minimum atomic E-state index is 0.121. The summed E-state index contributed by atoms with van der Waals surface area (Å²) >= 11 is 0. The number of anilines is 2. The van der Waals surface area contributed by atoms with Gasteiger partial charge in [0.05, 0.1) is 6.54 Å². The summed E-state index contributed by atoms with van der Waals surface area (Å²) in [5, 5.41) is 3.44. The van der Waals surface area contributed by atoms with Crippen LogP contribution >= 0.6 is 0 Å². The van der Waals surface area contributed by atoms with Crippen LogP contribution in [0.5, 0.6) is 0 Å². The number of carbonyl (C=O) groups excluding carboxylic acids is 1. The molecular formula is C18H26N6O. The molecule has 2 aromatic rings. The first-order chi connectivity index (χ1) is 12.0. The standard InChI is InChI=1S/C18H26N6O/c1-14(6-7-15-5-4-8-22(15)2)21-16-11-17(20-13-19-16)24-10-9-23(3)18(25)12-24/h4-5,8,11,13-14H,6-7,9-10,12H2,1-3H3,(H,19,20,21). The van der Waals surface area contributed by atoms with Crippen molar-refractivity contribution in [1.29, 1.82) is 0 Å². The van der Waals surface area contributed by atoms with Crippen molar-refractivity contribution in [1.82, 2.24) is 19.4 Å². The number of likely N-dealkylation sites (N-methyl/N-ethyl adjacent to an activating group) is 1. The molecule has 7 nitrogen and oxygen atoms in total. The number of aromatic nitrogens is 3. The highest BCUT2D eigenvalue weighted by molar-refractivity contribution is 5.82. The van der Waals surface area contributed by atoms with Crippen molar-refractivity contribution >= 4 is 17.5 Å². The van der Waals surface area contributed by atoms with Crippen LogP contribution in [-0.4, -0.2) is 58.1 Å². The molecule has 1 aliphatic rings. The largest absolute Gasteiger partial charge is 0.367 e. The summed E-state index contributed by atoms with van der Waals surface area (Å²) in [5.41, 5.74) is 1.33. The maximum Gasteiger partial charge on any atom is 0.241 e. The monoisotopic (exact) mass is 342 g/mol. The Kier molecular flexibility index (Phi) is 5.21. The van der Waals surface area contributed by atoms with Crippen molar-refractivity contribution in [2.75, 3.05) is 36.9 Å². The lowest BCUT2D eigenvalue weighted by atomic mass is 10.1. The fraction of sp³-hybridized carbons (Fsp3) is 0.500. The molecule has 0 radical (unpaired) electrons. The Labute approximate surface area is 148 Å². The molecule has 2 aromatic heterocycles. The molecule has 0 aromatic carbocycles. The quantitative estimate of drug-likeness (QED) is 0.862. The normalized spacial score (nSPS) is 16.2. The number of hydrogen-bond donors (Lipinski definition) is 1. The molecule has 1 N–H and O–H groups in total. The minimum Gasteiger partial charge on any atom is -0.367 e. The van der Waals surface area contributed by atoms with Gasteiger partial charge in [0, 0.05) is 51.2 Å². The maximum absolute atomic E-state index is 11.9. The molecule has 1 fully saturated rings. The molecule has 0 spiro atoms. The van der Waals surface area contributed by atoms with Crippen molar-refractivity contribution in [3.63, 3.8) is 0 Å². The molecule has 1 aliphatic heterocycles. The average Bonchev–Trinajstić information content (AvgIpc) is 3.01. The number of amides is 1. The highest BCUT2D eigenvalue weighted by Crippen LogP contribution is 2.17. The van der Waals surface area contributed by atoms with E-state index in [4.69, 9.17) is 0 Å². The van der Waals surface area contributed by atoms with Crippen LogP contribution in [0.3, 0.4) is 0 Å². The van der Waals surface area contributed by atoms with E-state index in [1.165, 1.54) is 5.69 Å². The Morgan fingerprint density at radius 1 is 1.28 bits per heavy atom. The second-order valence-corrected chi connectivity index (χ2v) is 6.69. The molecular weight excluding hydrogens is 316 g/mol. The Bertz CT molecular complexity index is 728. The third kappa shape index (κ3) is 4.29. The molecule has 1 atom stereocenters. The van der Waals surface area contributed by atoms with Gasteiger partial charge in [0.2, 0.25) is 5.91 Å². The highest BCUT2D eigenvalue weighted by atomic mass is 16.2. The first-order valence-corrected chi connectivity index (χ1v) is 8.70. The van der Waals surface area contributed by atoms with Crippen molar-refractivity contribution in [2.24, 2.45) is 7.05 Å². The van der Waals surface area contributed by atoms with Crippen LogP contribution in [0.4, 0.5) is 11.6 Å². The topological polar surface area (TPSA) is 66.3 Å². The van der Waals surface area contributed by atoms with Crippen LogP contribution in [0, 0.1) is 0 Å². The van der Waals surface area contributed by atoms with Crippen LogP contribution < -0.4 is 10.2 Å². The number of hydrogen-bond acceptors (Lipinski definition) is 5. The molecule has 25 heavy (non-hydrogen) atoms. The van der Waals surface area contributed by atoms with Gasteiger partial charge in [-0.25, -0.2) is 9.97 Å². The third-order valence-electron chi connectivity index (χ3n) is 4.71. The van der Waals surface area contributed by atoms with Gasteiger partial charge < -0.3 is 19.7 Å². The summed E-state index contributed by atoms with van der Waals surface area (Å²) in [7, 11) is 3.91. The lowest BCUT2D eigenvalue weighted by Crippen LogP contribution is -2.48. The second-order valence-electron chi connectivity index (χ2n) is 6.69. The smallest absolute Gasteiger partial charge is 0.241 e. The van der Waals surface area contributed by atoms with E-state index in [-0.39, 0.29) is 5.91 Å². The number of carbonyl (C=O) groups is 1. The Balaban J connectivity index is 1.57. The van der Waals surface area contributed by atoms with E-state index in [9.17, 15) is 4.79 Å². The predicted molar refractivity (Wildman–Crippen MR) is 98.7 cm³/mol. The van der Waals surface area contributed by atoms with E-state index in [2.05, 4.69) is 52.2 Å². The van der Waals surface area contributed by atoms with Gasteiger partial charge in [0.15, 0.2) is 0 Å². The maximum atomic E-state index is 11.9. The van der Waals surface area contributed by atoms with E-state index >= 15 is 0 Å². The van der Waals surface area contributed by atoms with Crippen molar-refractivity contribution in [3.05, 3.63) is 36.4 Å². The lowest BCUT2D eigenvalue weighted by molar-refractivity contribution is -0.129. The van der Waals surface area contributed by atoms with Gasteiger partial charge in [-0.1, -0.05) is 0 Å². The fourth-order valence-corrected chi connectivity index (χ4v) is 3.00. The molecule has 1 unspecified atom stereocenters. The Morgan fingerprint density at radius 2 is 2.12 bits per heavy atom. The van der Waals surface area contributed by atoms with E-state index in [1.54, 1.807) is 11.2 Å². The molecule has 0 bridgehead atoms. The molecule has 3 rings (SSSR count). The first-order valence-electron chi connectivity index (χ1n) is 8.70. The summed E-state index contributed by atoms with van der Waals surface area (Å²) in [6.07, 6.45) is 5.67. The number of rotatable bonds is 6. The minimum absolute atomic E-state index is 0.121. The van der Waals surface area contributed by atoms with Gasteiger partial charge >= 0.3 is 0 Å². The van der Waals surface area contributed by atoms with E-state index < -0.39 is 0 Å². The van der Waals surface area contributed by atoms with Gasteiger partial charge in [0.1, 0.15) is 18.0 Å². The van der Waals surface area contributed by atoms with Crippen LogP contribution in [-0.2, 0) is 18.3 Å². The predicted octanol–water partition coefficient (Wildman–Crippen LogP) is 1.53.